The molecule has 0 spiro atoms. The number of aromatic nitrogens is 4. The lowest BCUT2D eigenvalue weighted by atomic mass is 10.0. The van der Waals surface area contributed by atoms with Crippen molar-refractivity contribution in [1.29, 1.82) is 0 Å². The van der Waals surface area contributed by atoms with Gasteiger partial charge in [-0.1, -0.05) is 64.4 Å². The average molecular weight is 585 g/mol. The molecule has 0 saturated heterocycles. The summed E-state index contributed by atoms with van der Waals surface area (Å²) >= 11 is 0. The van der Waals surface area contributed by atoms with Gasteiger partial charge in [0.05, 0.1) is 29.9 Å². The van der Waals surface area contributed by atoms with Gasteiger partial charge in [0.1, 0.15) is 5.75 Å². The molecule has 5 nitrogen and oxygen atoms in total. The van der Waals surface area contributed by atoms with Gasteiger partial charge >= 0.3 is 0 Å². The van der Waals surface area contributed by atoms with Crippen LogP contribution in [-0.4, -0.2) is 27.0 Å². The first-order valence-electron chi connectivity index (χ1n) is 16.3. The topological polar surface area (TPSA) is 66.6 Å². The molecule has 2 aliphatic heterocycles. The third kappa shape index (κ3) is 7.05. The van der Waals surface area contributed by atoms with Crippen molar-refractivity contribution in [3.05, 3.63) is 88.5 Å². The number of aromatic amines is 2. The standard InChI is InChI=1S/C39H44N4O/c1-4-5-6-7-8-9-10-11-12-13-34-35-18-14-29(40-35)25-31-16-20-37(42-31)39(28-22-27(2)23-33(24-28)44-3)38-21-17-32(43-38)26-30-15-19-36(34)41-30/h14-26,42-43H,4-13H2,1-3H3. The fraction of sp³-hybridized carbons (Fsp3) is 0.333. The summed E-state index contributed by atoms with van der Waals surface area (Å²) in [6, 6.07) is 19.1. The number of hydrogen-bond acceptors (Lipinski definition) is 3. The van der Waals surface area contributed by atoms with E-state index in [0.717, 1.165) is 80.1 Å². The Morgan fingerprint density at radius 2 is 1.20 bits per heavy atom. The molecule has 0 radical (unpaired) electrons. The van der Waals surface area contributed by atoms with Crippen LogP contribution in [0.25, 0.3) is 57.5 Å². The quantitative estimate of drug-likeness (QED) is 0.141. The Morgan fingerprint density at radius 1 is 0.636 bits per heavy atom. The summed E-state index contributed by atoms with van der Waals surface area (Å²) in [7, 11) is 1.72. The summed E-state index contributed by atoms with van der Waals surface area (Å²) in [5.41, 5.74) is 12.6. The molecule has 0 saturated carbocycles. The number of hydrogen-bond donors (Lipinski definition) is 2. The van der Waals surface area contributed by atoms with Gasteiger partial charge in [-0.05, 0) is 104 Å². The maximum absolute atomic E-state index is 5.63. The minimum absolute atomic E-state index is 0.841. The van der Waals surface area contributed by atoms with E-state index < -0.39 is 0 Å². The fourth-order valence-electron chi connectivity index (χ4n) is 6.32. The van der Waals surface area contributed by atoms with Crippen LogP contribution in [0.2, 0.25) is 0 Å². The van der Waals surface area contributed by atoms with Crippen LogP contribution in [0.5, 0.6) is 5.75 Å². The first-order chi connectivity index (χ1) is 21.6. The first kappa shape index (κ1) is 29.7. The Labute approximate surface area is 261 Å². The highest BCUT2D eigenvalue weighted by atomic mass is 16.5. The minimum Gasteiger partial charge on any atom is -0.497 e. The number of benzene rings is 1. The van der Waals surface area contributed by atoms with E-state index in [1.807, 2.05) is 0 Å². The van der Waals surface area contributed by atoms with Crippen molar-refractivity contribution in [1.82, 2.24) is 19.9 Å². The molecule has 3 aromatic heterocycles. The van der Waals surface area contributed by atoms with E-state index in [0.29, 0.717) is 0 Å². The predicted octanol–water partition coefficient (Wildman–Crippen LogP) is 10.7. The molecule has 44 heavy (non-hydrogen) atoms. The van der Waals surface area contributed by atoms with Crippen molar-refractivity contribution >= 4 is 46.4 Å². The molecule has 0 fully saturated rings. The molecule has 0 atom stereocenters. The fourth-order valence-corrected chi connectivity index (χ4v) is 6.32. The Bertz CT molecular complexity index is 1740. The molecule has 0 amide bonds. The summed E-state index contributed by atoms with van der Waals surface area (Å²) in [4.78, 5) is 17.5. The minimum atomic E-state index is 0.841. The molecular weight excluding hydrogens is 540 g/mol. The highest BCUT2D eigenvalue weighted by Gasteiger charge is 2.13. The summed E-state index contributed by atoms with van der Waals surface area (Å²) in [6.45, 7) is 4.38. The van der Waals surface area contributed by atoms with Gasteiger partial charge in [-0.25, -0.2) is 9.97 Å². The van der Waals surface area contributed by atoms with Gasteiger partial charge in [-0.3, -0.25) is 0 Å². The third-order valence-corrected chi connectivity index (χ3v) is 8.61. The molecule has 2 N–H and O–H groups in total. The van der Waals surface area contributed by atoms with Crippen LogP contribution in [0.1, 0.15) is 98.6 Å². The van der Waals surface area contributed by atoms with Gasteiger partial charge in [0.25, 0.3) is 0 Å². The van der Waals surface area contributed by atoms with Crippen molar-refractivity contribution in [3.63, 3.8) is 0 Å². The van der Waals surface area contributed by atoms with Crippen LogP contribution < -0.4 is 4.74 Å². The molecule has 8 bridgehead atoms. The zero-order chi connectivity index (χ0) is 30.3. The van der Waals surface area contributed by atoms with E-state index in [1.165, 1.54) is 56.9 Å². The number of nitrogens with one attached hydrogen (secondary N) is 2. The maximum atomic E-state index is 5.63. The van der Waals surface area contributed by atoms with Crippen LogP contribution in [0.4, 0.5) is 0 Å². The van der Waals surface area contributed by atoms with Crippen LogP contribution in [-0.2, 0) is 6.42 Å². The van der Waals surface area contributed by atoms with Gasteiger partial charge in [0.2, 0.25) is 0 Å². The van der Waals surface area contributed by atoms with E-state index in [4.69, 9.17) is 14.7 Å². The van der Waals surface area contributed by atoms with Gasteiger partial charge < -0.3 is 14.7 Å². The third-order valence-electron chi connectivity index (χ3n) is 8.61. The highest BCUT2D eigenvalue weighted by Crippen LogP contribution is 2.32. The SMILES string of the molecule is CCCCCCCCCCCc1c2nc(cc3ccc([nH]3)c(-c3cc(C)cc(OC)c3)c3ccc(cc4nc1C=C4)[nH]3)C=C2. The summed E-state index contributed by atoms with van der Waals surface area (Å²) < 4.78 is 5.63. The number of fused-ring (bicyclic) bond motifs is 8. The molecular formula is C39H44N4O. The van der Waals surface area contributed by atoms with Crippen LogP contribution >= 0.6 is 0 Å². The van der Waals surface area contributed by atoms with Crippen molar-refractivity contribution in [2.45, 2.75) is 78.1 Å². The second-order valence-corrected chi connectivity index (χ2v) is 12.1. The molecule has 6 rings (SSSR count). The average Bonchev–Trinajstić information content (AvgIpc) is 3.84. The number of aryl methyl sites for hydroxylation is 1. The first-order valence-corrected chi connectivity index (χ1v) is 16.3. The van der Waals surface area contributed by atoms with Gasteiger partial charge in [0, 0.05) is 33.2 Å². The van der Waals surface area contributed by atoms with Gasteiger partial charge in [-0.2, -0.15) is 0 Å². The Morgan fingerprint density at radius 3 is 1.77 bits per heavy atom. The normalized spacial score (nSPS) is 12.2. The Balaban J connectivity index is 1.39. The number of ether oxygens (including phenoxy) is 1. The van der Waals surface area contributed by atoms with Gasteiger partial charge in [0.15, 0.2) is 0 Å². The zero-order valence-corrected chi connectivity index (χ0v) is 26.4. The largest absolute Gasteiger partial charge is 0.497 e. The highest BCUT2D eigenvalue weighted by molar-refractivity contribution is 5.94. The van der Waals surface area contributed by atoms with E-state index >= 15 is 0 Å². The number of H-pyrrole nitrogens is 2. The lowest BCUT2D eigenvalue weighted by Crippen LogP contribution is -1.95. The predicted molar refractivity (Wildman–Crippen MR) is 187 cm³/mol. The van der Waals surface area contributed by atoms with Crippen LogP contribution in [0.15, 0.2) is 54.6 Å². The number of unbranched alkanes of at least 4 members (excludes halogenated alkanes) is 8. The Hall–Kier alpha value is -4.38. The maximum Gasteiger partial charge on any atom is 0.119 e. The van der Waals surface area contributed by atoms with Gasteiger partial charge in [-0.15, -0.1) is 0 Å². The zero-order valence-electron chi connectivity index (χ0n) is 26.4. The number of methoxy groups -OCH3 is 1. The van der Waals surface area contributed by atoms with Crippen LogP contribution in [0.3, 0.4) is 0 Å². The summed E-state index contributed by atoms with van der Waals surface area (Å²) in [5, 5.41) is 0. The molecule has 0 aliphatic carbocycles. The van der Waals surface area contributed by atoms with Crippen molar-refractivity contribution < 1.29 is 4.74 Å². The molecule has 226 valence electrons. The molecule has 0 unspecified atom stereocenters. The lowest BCUT2D eigenvalue weighted by Gasteiger charge is -2.08. The molecule has 2 aliphatic rings. The smallest absolute Gasteiger partial charge is 0.119 e. The number of rotatable bonds is 12. The number of nitrogens with zero attached hydrogens (tertiary/aromatic N) is 2. The van der Waals surface area contributed by atoms with Crippen molar-refractivity contribution in [2.75, 3.05) is 7.11 Å². The van der Waals surface area contributed by atoms with E-state index in [2.05, 4.69) is 103 Å². The van der Waals surface area contributed by atoms with Crippen LogP contribution in [0, 0.1) is 6.92 Å². The lowest BCUT2D eigenvalue weighted by molar-refractivity contribution is 0.414. The molecule has 1 aromatic carbocycles. The molecule has 5 heterocycles. The Kier molecular flexibility index (Phi) is 9.40. The van der Waals surface area contributed by atoms with E-state index in [9.17, 15) is 0 Å². The summed E-state index contributed by atoms with van der Waals surface area (Å²) in [6.07, 6.45) is 21.4. The monoisotopic (exact) mass is 584 g/mol. The summed E-state index contributed by atoms with van der Waals surface area (Å²) in [5.74, 6) is 0.841. The van der Waals surface area contributed by atoms with E-state index in [-0.39, 0.29) is 0 Å². The molecule has 4 aromatic rings. The second-order valence-electron chi connectivity index (χ2n) is 12.1. The second kappa shape index (κ2) is 13.9. The van der Waals surface area contributed by atoms with Crippen molar-refractivity contribution in [3.8, 4) is 16.9 Å². The molecule has 5 heteroatoms. The van der Waals surface area contributed by atoms with Crippen molar-refractivity contribution in [2.24, 2.45) is 0 Å². The van der Waals surface area contributed by atoms with E-state index in [1.54, 1.807) is 7.11 Å².